The molecular weight excluding hydrogens is 612 g/mol. The molecule has 0 radical (unpaired) electrons. The molecule has 3 N–H and O–H groups in total. The van der Waals surface area contributed by atoms with Gasteiger partial charge < -0.3 is 11.1 Å². The van der Waals surface area contributed by atoms with Crippen LogP contribution in [0.4, 0.5) is 11.4 Å². The second-order valence-corrected chi connectivity index (χ2v) is 12.7. The van der Waals surface area contributed by atoms with Gasteiger partial charge in [-0.2, -0.15) is 0 Å². The Morgan fingerprint density at radius 2 is 1.51 bits per heavy atom. The molecule has 248 valence electrons. The molecule has 8 heteroatoms. The van der Waals surface area contributed by atoms with Gasteiger partial charge in [0.15, 0.2) is 5.78 Å². The van der Waals surface area contributed by atoms with Gasteiger partial charge in [0.05, 0.1) is 23.2 Å². The molecule has 8 nitrogen and oxygen atoms in total. The average molecular weight is 653 g/mol. The minimum atomic E-state index is -1.34. The highest BCUT2D eigenvalue weighted by molar-refractivity contribution is 6.22. The van der Waals surface area contributed by atoms with Gasteiger partial charge in [0.1, 0.15) is 0 Å². The molecule has 0 bridgehead atoms. The Kier molecular flexibility index (Phi) is 10.2. The lowest BCUT2D eigenvalue weighted by molar-refractivity contribution is -0.135. The van der Waals surface area contributed by atoms with E-state index in [9.17, 15) is 19.2 Å². The predicted octanol–water partition coefficient (Wildman–Crippen LogP) is 6.75. The number of nitrogens with zero attached hydrogens (tertiary/aromatic N) is 2. The fourth-order valence-corrected chi connectivity index (χ4v) is 7.05. The van der Waals surface area contributed by atoms with Crippen molar-refractivity contribution in [3.63, 3.8) is 0 Å². The third-order valence-electron chi connectivity index (χ3n) is 9.51. The van der Waals surface area contributed by atoms with Crippen molar-refractivity contribution in [2.24, 2.45) is 28.5 Å². The lowest BCUT2D eigenvalue weighted by atomic mass is 9.80. The summed E-state index contributed by atoms with van der Waals surface area (Å²) in [5, 5.41) is 2.95. The second kappa shape index (κ2) is 15.1. The molecule has 1 aliphatic heterocycles. The Hall–Kier alpha value is -5.63. The van der Waals surface area contributed by atoms with Crippen molar-refractivity contribution in [3.8, 4) is 0 Å². The SMILES string of the molecule is C=CC[C@H](C(N)=O)[C@@H](CC1CCCC1)C(=O)NC1N=C(c2ccccc2)c2ccccc2N(c2cccc(C(=O)c3ccccc3)c2)C1=O. The Balaban J connectivity index is 1.44. The van der Waals surface area contributed by atoms with Gasteiger partial charge in [0.25, 0.3) is 5.91 Å². The summed E-state index contributed by atoms with van der Waals surface area (Å²) in [6.07, 6.45) is 5.10. The summed E-state index contributed by atoms with van der Waals surface area (Å²) in [5.74, 6) is -2.97. The molecule has 2 aliphatic rings. The lowest BCUT2D eigenvalue weighted by Crippen LogP contribution is -2.50. The fourth-order valence-electron chi connectivity index (χ4n) is 7.05. The number of aliphatic imine (C=N–C) groups is 1. The zero-order valence-corrected chi connectivity index (χ0v) is 27.3. The van der Waals surface area contributed by atoms with Crippen LogP contribution in [0.1, 0.15) is 65.6 Å². The monoisotopic (exact) mass is 652 g/mol. The number of benzodiazepines with no additional fused rings is 1. The van der Waals surface area contributed by atoms with Gasteiger partial charge in [0.2, 0.25) is 18.0 Å². The van der Waals surface area contributed by atoms with E-state index in [2.05, 4.69) is 11.9 Å². The summed E-state index contributed by atoms with van der Waals surface area (Å²) in [6, 6.07) is 32.8. The van der Waals surface area contributed by atoms with Crippen molar-refractivity contribution >= 4 is 40.6 Å². The fraction of sp³-hybridized carbons (Fsp3) is 0.244. The Labute approximate surface area is 286 Å². The molecule has 49 heavy (non-hydrogen) atoms. The third-order valence-corrected chi connectivity index (χ3v) is 9.51. The van der Waals surface area contributed by atoms with Crippen LogP contribution in [0.3, 0.4) is 0 Å². The molecule has 0 saturated heterocycles. The molecule has 1 aliphatic carbocycles. The van der Waals surface area contributed by atoms with Crippen molar-refractivity contribution in [3.05, 3.63) is 144 Å². The number of anilines is 2. The van der Waals surface area contributed by atoms with E-state index in [0.717, 1.165) is 31.2 Å². The van der Waals surface area contributed by atoms with Gasteiger partial charge in [-0.1, -0.05) is 123 Å². The molecule has 4 aromatic rings. The second-order valence-electron chi connectivity index (χ2n) is 12.7. The molecule has 1 fully saturated rings. The minimum absolute atomic E-state index is 0.182. The van der Waals surface area contributed by atoms with E-state index in [1.165, 1.54) is 4.90 Å². The Morgan fingerprint density at radius 1 is 0.857 bits per heavy atom. The van der Waals surface area contributed by atoms with Crippen LogP contribution in [-0.4, -0.2) is 35.4 Å². The number of para-hydroxylation sites is 1. The maximum atomic E-state index is 14.8. The number of allylic oxidation sites excluding steroid dienone is 1. The number of ketones is 1. The zero-order chi connectivity index (χ0) is 34.3. The molecule has 1 saturated carbocycles. The smallest absolute Gasteiger partial charge is 0.276 e. The van der Waals surface area contributed by atoms with Gasteiger partial charge in [0, 0.05) is 27.9 Å². The number of hydrogen-bond donors (Lipinski definition) is 2. The van der Waals surface area contributed by atoms with Crippen LogP contribution in [0.2, 0.25) is 0 Å². The number of nitrogens with one attached hydrogen (secondary N) is 1. The number of nitrogens with two attached hydrogens (primary N) is 1. The number of benzene rings is 4. The van der Waals surface area contributed by atoms with Crippen LogP contribution in [-0.2, 0) is 14.4 Å². The summed E-state index contributed by atoms with van der Waals surface area (Å²) >= 11 is 0. The lowest BCUT2D eigenvalue weighted by Gasteiger charge is -2.29. The number of carbonyl (C=O) groups excluding carboxylic acids is 4. The van der Waals surface area contributed by atoms with E-state index < -0.39 is 35.7 Å². The molecular formula is C41H40N4O4. The number of hydrogen-bond acceptors (Lipinski definition) is 5. The van der Waals surface area contributed by atoms with E-state index in [-0.39, 0.29) is 18.1 Å². The van der Waals surface area contributed by atoms with Gasteiger partial charge in [-0.15, -0.1) is 6.58 Å². The number of rotatable bonds is 12. The van der Waals surface area contributed by atoms with Crippen LogP contribution in [0.5, 0.6) is 0 Å². The maximum absolute atomic E-state index is 14.8. The molecule has 1 heterocycles. The highest BCUT2D eigenvalue weighted by Gasteiger charge is 2.39. The zero-order valence-electron chi connectivity index (χ0n) is 27.3. The predicted molar refractivity (Wildman–Crippen MR) is 191 cm³/mol. The average Bonchev–Trinajstić information content (AvgIpc) is 3.62. The summed E-state index contributed by atoms with van der Waals surface area (Å²) < 4.78 is 0. The highest BCUT2D eigenvalue weighted by Crippen LogP contribution is 2.36. The van der Waals surface area contributed by atoms with Crippen molar-refractivity contribution in [1.82, 2.24) is 5.32 Å². The molecule has 3 amide bonds. The first-order chi connectivity index (χ1) is 23.9. The standard InChI is InChI=1S/C41H40N4O4/c1-2-14-32(38(42)47)34(25-27-15-9-10-16-27)40(48)44-39-41(49)45(31-22-13-21-30(26-31)37(46)29-19-7-4-8-20-29)35-24-12-11-23-33(35)36(43-39)28-17-5-3-6-18-28/h2-8,11-13,17-24,26-27,32,34,39H,1,9-10,14-16,25H2,(H2,42,47)(H,44,48)/t32-,34+,39?/m0/s1. The van der Waals surface area contributed by atoms with Crippen LogP contribution in [0.25, 0.3) is 0 Å². The summed E-state index contributed by atoms with van der Waals surface area (Å²) in [7, 11) is 0. The molecule has 4 aromatic carbocycles. The van der Waals surface area contributed by atoms with Crippen molar-refractivity contribution < 1.29 is 19.2 Å². The summed E-state index contributed by atoms with van der Waals surface area (Å²) in [6.45, 7) is 3.80. The van der Waals surface area contributed by atoms with Crippen LogP contribution in [0.15, 0.2) is 127 Å². The third kappa shape index (κ3) is 7.28. The van der Waals surface area contributed by atoms with Crippen molar-refractivity contribution in [1.29, 1.82) is 0 Å². The van der Waals surface area contributed by atoms with Crippen LogP contribution < -0.4 is 16.0 Å². The van der Waals surface area contributed by atoms with E-state index in [4.69, 9.17) is 10.7 Å². The molecule has 0 aromatic heterocycles. The highest BCUT2D eigenvalue weighted by atomic mass is 16.2. The number of amides is 3. The molecule has 0 spiro atoms. The first-order valence-electron chi connectivity index (χ1n) is 16.8. The molecule has 6 rings (SSSR count). The largest absolute Gasteiger partial charge is 0.369 e. The van der Waals surface area contributed by atoms with Gasteiger partial charge in [-0.3, -0.25) is 24.1 Å². The summed E-state index contributed by atoms with van der Waals surface area (Å²) in [4.78, 5) is 61.7. The van der Waals surface area contributed by atoms with Gasteiger partial charge in [-0.05, 0) is 37.0 Å². The first kappa shape index (κ1) is 33.3. The van der Waals surface area contributed by atoms with E-state index >= 15 is 0 Å². The van der Waals surface area contributed by atoms with Gasteiger partial charge in [-0.25, -0.2) is 4.99 Å². The number of primary amides is 1. The van der Waals surface area contributed by atoms with Crippen LogP contribution in [0, 0.1) is 17.8 Å². The van der Waals surface area contributed by atoms with Crippen molar-refractivity contribution in [2.75, 3.05) is 4.90 Å². The van der Waals surface area contributed by atoms with Gasteiger partial charge >= 0.3 is 0 Å². The first-order valence-corrected chi connectivity index (χ1v) is 16.8. The maximum Gasteiger partial charge on any atom is 0.276 e. The molecule has 1 unspecified atom stereocenters. The normalized spacial score (nSPS) is 17.3. The number of carbonyl (C=O) groups is 4. The quantitative estimate of drug-likeness (QED) is 0.130. The van der Waals surface area contributed by atoms with E-state index in [1.54, 1.807) is 54.6 Å². The summed E-state index contributed by atoms with van der Waals surface area (Å²) in [5.41, 5.74) is 9.78. The Bertz CT molecular complexity index is 1880. The van der Waals surface area contributed by atoms with Crippen molar-refractivity contribution in [2.45, 2.75) is 44.7 Å². The molecule has 3 atom stereocenters. The Morgan fingerprint density at radius 3 is 2.20 bits per heavy atom. The number of fused-ring (bicyclic) bond motifs is 1. The van der Waals surface area contributed by atoms with E-state index in [0.29, 0.717) is 40.2 Å². The minimum Gasteiger partial charge on any atom is -0.369 e. The van der Waals surface area contributed by atoms with Crippen LogP contribution >= 0.6 is 0 Å². The van der Waals surface area contributed by atoms with E-state index in [1.807, 2.05) is 60.7 Å². The topological polar surface area (TPSA) is 122 Å².